The molecule has 1 aromatic carbocycles. The van der Waals surface area contributed by atoms with Crippen LogP contribution in [0.1, 0.15) is 41.6 Å². The number of nitrogens with zero attached hydrogens (tertiary/aromatic N) is 3. The Kier molecular flexibility index (Phi) is 4.92. The fourth-order valence-corrected chi connectivity index (χ4v) is 2.55. The largest absolute Gasteiger partial charge is 0.416 e. The zero-order valence-corrected chi connectivity index (χ0v) is 11.7. The van der Waals surface area contributed by atoms with Gasteiger partial charge in [-0.25, -0.2) is 0 Å². The standard InChI is InChI=1S/C14H15F3N4O/c15-14(16,17)10-7-5-9(6-8-10)13(22)19-11-3-1-2-4-12(11)20-21-18/h5-8,11-12H,1-4H2,(H,19,22)/t11-,12-/m0/s1. The number of hydrogen-bond acceptors (Lipinski definition) is 2. The summed E-state index contributed by atoms with van der Waals surface area (Å²) in [6, 6.07) is 3.45. The van der Waals surface area contributed by atoms with Crippen LogP contribution in [0, 0.1) is 0 Å². The van der Waals surface area contributed by atoms with Crippen LogP contribution in [-0.4, -0.2) is 18.0 Å². The van der Waals surface area contributed by atoms with E-state index < -0.39 is 17.6 Å². The van der Waals surface area contributed by atoms with Crippen LogP contribution in [0.15, 0.2) is 29.4 Å². The van der Waals surface area contributed by atoms with Crippen LogP contribution in [0.4, 0.5) is 13.2 Å². The Balaban J connectivity index is 2.06. The molecule has 0 heterocycles. The average Bonchev–Trinajstić information content (AvgIpc) is 2.49. The van der Waals surface area contributed by atoms with Gasteiger partial charge < -0.3 is 5.32 Å². The van der Waals surface area contributed by atoms with E-state index in [1.54, 1.807) is 0 Å². The number of nitrogens with one attached hydrogen (secondary N) is 1. The van der Waals surface area contributed by atoms with E-state index in [0.29, 0.717) is 12.8 Å². The Morgan fingerprint density at radius 2 is 1.86 bits per heavy atom. The Labute approximate surface area is 125 Å². The molecule has 1 N–H and O–H groups in total. The first kappa shape index (κ1) is 16.2. The van der Waals surface area contributed by atoms with Gasteiger partial charge in [0, 0.05) is 16.5 Å². The fourth-order valence-electron chi connectivity index (χ4n) is 2.55. The number of alkyl halides is 3. The molecular weight excluding hydrogens is 297 g/mol. The van der Waals surface area contributed by atoms with E-state index in [0.717, 1.165) is 37.1 Å². The molecule has 0 radical (unpaired) electrons. The summed E-state index contributed by atoms with van der Waals surface area (Å²) in [6.45, 7) is 0. The lowest BCUT2D eigenvalue weighted by Gasteiger charge is -2.28. The van der Waals surface area contributed by atoms with Gasteiger partial charge in [0.05, 0.1) is 11.6 Å². The Bertz CT molecular complexity index is 579. The number of carbonyl (C=O) groups excluding carboxylic acids is 1. The highest BCUT2D eigenvalue weighted by Crippen LogP contribution is 2.29. The summed E-state index contributed by atoms with van der Waals surface area (Å²) in [4.78, 5) is 14.9. The molecule has 2 rings (SSSR count). The van der Waals surface area contributed by atoms with Crippen molar-refractivity contribution in [1.29, 1.82) is 0 Å². The quantitative estimate of drug-likeness (QED) is 0.510. The van der Waals surface area contributed by atoms with Crippen molar-refractivity contribution in [3.05, 3.63) is 45.8 Å². The van der Waals surface area contributed by atoms with Crippen molar-refractivity contribution >= 4 is 5.91 Å². The summed E-state index contributed by atoms with van der Waals surface area (Å²) < 4.78 is 37.4. The number of halogens is 3. The Morgan fingerprint density at radius 1 is 1.23 bits per heavy atom. The summed E-state index contributed by atoms with van der Waals surface area (Å²) in [5.41, 5.74) is 7.89. The second-order valence-electron chi connectivity index (χ2n) is 5.21. The van der Waals surface area contributed by atoms with Gasteiger partial charge in [0.1, 0.15) is 0 Å². The van der Waals surface area contributed by atoms with Crippen molar-refractivity contribution in [3.8, 4) is 0 Å². The maximum Gasteiger partial charge on any atom is 0.416 e. The lowest BCUT2D eigenvalue weighted by atomic mass is 9.90. The van der Waals surface area contributed by atoms with Crippen LogP contribution >= 0.6 is 0 Å². The normalized spacial score (nSPS) is 21.8. The van der Waals surface area contributed by atoms with E-state index in [4.69, 9.17) is 5.53 Å². The molecule has 1 saturated carbocycles. The first-order chi connectivity index (χ1) is 10.4. The molecule has 0 aliphatic heterocycles. The minimum atomic E-state index is -4.43. The van der Waals surface area contributed by atoms with Crippen molar-refractivity contribution in [2.45, 2.75) is 43.9 Å². The molecule has 0 aromatic heterocycles. The van der Waals surface area contributed by atoms with Gasteiger partial charge in [0.25, 0.3) is 5.91 Å². The molecular formula is C14H15F3N4O. The van der Waals surface area contributed by atoms with Crippen molar-refractivity contribution in [1.82, 2.24) is 5.32 Å². The molecule has 0 bridgehead atoms. The Hall–Kier alpha value is -2.21. The van der Waals surface area contributed by atoms with Gasteiger partial charge in [-0.15, -0.1) is 0 Å². The predicted octanol–water partition coefficient (Wildman–Crippen LogP) is 4.06. The highest BCUT2D eigenvalue weighted by Gasteiger charge is 2.30. The van der Waals surface area contributed by atoms with E-state index in [1.165, 1.54) is 0 Å². The van der Waals surface area contributed by atoms with Crippen molar-refractivity contribution in [3.63, 3.8) is 0 Å². The van der Waals surface area contributed by atoms with Crippen LogP contribution in [0.25, 0.3) is 10.4 Å². The van der Waals surface area contributed by atoms with Crippen LogP contribution in [0.5, 0.6) is 0 Å². The zero-order chi connectivity index (χ0) is 16.2. The first-order valence-corrected chi connectivity index (χ1v) is 6.94. The van der Waals surface area contributed by atoms with Crippen LogP contribution in [-0.2, 0) is 6.18 Å². The van der Waals surface area contributed by atoms with E-state index in [1.807, 2.05) is 0 Å². The average molecular weight is 312 g/mol. The van der Waals surface area contributed by atoms with Crippen molar-refractivity contribution in [2.75, 3.05) is 0 Å². The molecule has 0 unspecified atom stereocenters. The highest BCUT2D eigenvalue weighted by atomic mass is 19.4. The van der Waals surface area contributed by atoms with Gasteiger partial charge in [-0.1, -0.05) is 18.0 Å². The lowest BCUT2D eigenvalue weighted by molar-refractivity contribution is -0.137. The topological polar surface area (TPSA) is 77.9 Å². The zero-order valence-electron chi connectivity index (χ0n) is 11.7. The van der Waals surface area contributed by atoms with Gasteiger partial charge in [-0.2, -0.15) is 13.2 Å². The molecule has 0 spiro atoms. The van der Waals surface area contributed by atoms with Gasteiger partial charge in [0.15, 0.2) is 0 Å². The van der Waals surface area contributed by atoms with Crippen LogP contribution < -0.4 is 5.32 Å². The van der Waals surface area contributed by atoms with E-state index in [9.17, 15) is 18.0 Å². The first-order valence-electron chi connectivity index (χ1n) is 6.94. The smallest absolute Gasteiger partial charge is 0.349 e. The third-order valence-electron chi connectivity index (χ3n) is 3.72. The van der Waals surface area contributed by atoms with Gasteiger partial charge in [0.2, 0.25) is 0 Å². The van der Waals surface area contributed by atoms with Gasteiger partial charge >= 0.3 is 6.18 Å². The van der Waals surface area contributed by atoms with Crippen LogP contribution in [0.3, 0.4) is 0 Å². The molecule has 1 aromatic rings. The molecule has 118 valence electrons. The number of hydrogen-bond donors (Lipinski definition) is 1. The number of carbonyl (C=O) groups is 1. The Morgan fingerprint density at radius 3 is 2.45 bits per heavy atom. The summed E-state index contributed by atoms with van der Waals surface area (Å²) >= 11 is 0. The molecule has 1 aliphatic carbocycles. The highest BCUT2D eigenvalue weighted by molar-refractivity contribution is 5.94. The second-order valence-corrected chi connectivity index (χ2v) is 5.21. The molecule has 0 saturated heterocycles. The van der Waals surface area contributed by atoms with E-state index in [2.05, 4.69) is 15.3 Å². The van der Waals surface area contributed by atoms with Gasteiger partial charge in [-0.05, 0) is 42.6 Å². The maximum absolute atomic E-state index is 12.5. The number of rotatable bonds is 3. The van der Waals surface area contributed by atoms with Crippen molar-refractivity contribution < 1.29 is 18.0 Å². The fraction of sp³-hybridized carbons (Fsp3) is 0.500. The SMILES string of the molecule is [N-]=[N+]=N[C@H]1CCCC[C@@H]1NC(=O)c1ccc(C(F)(F)F)cc1. The number of azide groups is 1. The monoisotopic (exact) mass is 312 g/mol. The lowest BCUT2D eigenvalue weighted by Crippen LogP contribution is -2.44. The molecule has 1 fully saturated rings. The summed E-state index contributed by atoms with van der Waals surface area (Å²) in [5, 5.41) is 6.42. The molecule has 1 amide bonds. The third-order valence-corrected chi connectivity index (χ3v) is 3.72. The molecule has 2 atom stereocenters. The van der Waals surface area contributed by atoms with Crippen molar-refractivity contribution in [2.24, 2.45) is 5.11 Å². The van der Waals surface area contributed by atoms with E-state index in [-0.39, 0.29) is 17.6 Å². The summed E-state index contributed by atoms with van der Waals surface area (Å²) in [7, 11) is 0. The number of amides is 1. The summed E-state index contributed by atoms with van der Waals surface area (Å²) in [5.74, 6) is -0.459. The number of benzene rings is 1. The minimum Gasteiger partial charge on any atom is -0.349 e. The maximum atomic E-state index is 12.5. The van der Waals surface area contributed by atoms with E-state index >= 15 is 0 Å². The molecule has 22 heavy (non-hydrogen) atoms. The molecule has 5 nitrogen and oxygen atoms in total. The minimum absolute atomic E-state index is 0.151. The van der Waals surface area contributed by atoms with Gasteiger partial charge in [-0.3, -0.25) is 4.79 Å². The third kappa shape index (κ3) is 3.92. The summed E-state index contributed by atoms with van der Waals surface area (Å²) in [6.07, 6.45) is -1.20. The second kappa shape index (κ2) is 6.70. The predicted molar refractivity (Wildman–Crippen MR) is 74.1 cm³/mol. The van der Waals surface area contributed by atoms with Crippen LogP contribution in [0.2, 0.25) is 0 Å². The molecule has 1 aliphatic rings. The molecule has 8 heteroatoms.